The number of aliphatic hydroxyl groups is 1. The summed E-state index contributed by atoms with van der Waals surface area (Å²) in [4.78, 5) is 2.43. The molecule has 3 aromatic rings. The van der Waals surface area contributed by atoms with E-state index in [-0.39, 0.29) is 0 Å². The minimum Gasteiger partial charge on any atom is -0.494 e. The highest BCUT2D eigenvalue weighted by Crippen LogP contribution is 2.26. The molecular weight excluding hydrogens is 426 g/mol. The molecule has 6 heteroatoms. The van der Waals surface area contributed by atoms with Crippen molar-refractivity contribution >= 4 is 0 Å². The summed E-state index contributed by atoms with van der Waals surface area (Å²) in [7, 11) is 0. The quantitative estimate of drug-likeness (QED) is 0.439. The standard InChI is InChI=1S/C28H37N3O3/c1-23-6-11-27(24(2)20-23)34-22-28(32)12-3-15-30(18-13-28)21-25-7-9-26(10-8-25)33-19-5-17-31-16-4-14-29-31/h4,6-11,14,16,20,32H,3,5,12-13,15,17-19,21-22H2,1-2H3/t28-/m0/s1. The summed E-state index contributed by atoms with van der Waals surface area (Å²) in [6.07, 6.45) is 7.13. The molecule has 1 aliphatic rings. The van der Waals surface area contributed by atoms with Crippen molar-refractivity contribution in [2.24, 2.45) is 0 Å². The van der Waals surface area contributed by atoms with Crippen molar-refractivity contribution in [2.75, 3.05) is 26.3 Å². The van der Waals surface area contributed by atoms with Gasteiger partial charge in [0.05, 0.1) is 12.2 Å². The van der Waals surface area contributed by atoms with Crippen LogP contribution >= 0.6 is 0 Å². The van der Waals surface area contributed by atoms with E-state index >= 15 is 0 Å². The van der Waals surface area contributed by atoms with Gasteiger partial charge >= 0.3 is 0 Å². The molecule has 34 heavy (non-hydrogen) atoms. The molecule has 1 atom stereocenters. The highest BCUT2D eigenvalue weighted by atomic mass is 16.5. The Morgan fingerprint density at radius 2 is 1.88 bits per heavy atom. The van der Waals surface area contributed by atoms with E-state index < -0.39 is 5.60 Å². The predicted molar refractivity (Wildman–Crippen MR) is 134 cm³/mol. The number of benzene rings is 2. The van der Waals surface area contributed by atoms with Crippen LogP contribution in [0.2, 0.25) is 0 Å². The zero-order chi connectivity index (χ0) is 23.8. The van der Waals surface area contributed by atoms with Crippen LogP contribution in [-0.4, -0.2) is 51.7 Å². The van der Waals surface area contributed by atoms with Crippen LogP contribution in [0.3, 0.4) is 0 Å². The van der Waals surface area contributed by atoms with Gasteiger partial charge in [0.25, 0.3) is 0 Å². The minimum absolute atomic E-state index is 0.344. The van der Waals surface area contributed by atoms with Gasteiger partial charge in [0.15, 0.2) is 0 Å². The van der Waals surface area contributed by atoms with Crippen LogP contribution in [0.1, 0.15) is 42.4 Å². The topological polar surface area (TPSA) is 59.8 Å². The summed E-state index contributed by atoms with van der Waals surface area (Å²) < 4.78 is 13.8. The van der Waals surface area contributed by atoms with Gasteiger partial charge < -0.3 is 14.6 Å². The van der Waals surface area contributed by atoms with Crippen LogP contribution in [0.5, 0.6) is 11.5 Å². The summed E-state index contributed by atoms with van der Waals surface area (Å²) >= 11 is 0. The molecular formula is C28H37N3O3. The molecule has 0 saturated carbocycles. The van der Waals surface area contributed by atoms with Crippen molar-refractivity contribution in [3.8, 4) is 11.5 Å². The summed E-state index contributed by atoms with van der Waals surface area (Å²) in [5.41, 5.74) is 2.82. The van der Waals surface area contributed by atoms with Gasteiger partial charge in [-0.3, -0.25) is 9.58 Å². The molecule has 0 bridgehead atoms. The number of rotatable bonds is 10. The van der Waals surface area contributed by atoms with Crippen LogP contribution in [-0.2, 0) is 13.1 Å². The van der Waals surface area contributed by atoms with E-state index in [1.54, 1.807) is 6.20 Å². The summed E-state index contributed by atoms with van der Waals surface area (Å²) in [6.45, 7) is 8.74. The van der Waals surface area contributed by atoms with Gasteiger partial charge in [0, 0.05) is 38.4 Å². The molecule has 2 aromatic carbocycles. The monoisotopic (exact) mass is 463 g/mol. The summed E-state index contributed by atoms with van der Waals surface area (Å²) in [5, 5.41) is 15.4. The van der Waals surface area contributed by atoms with Crippen molar-refractivity contribution in [3.63, 3.8) is 0 Å². The molecule has 1 fully saturated rings. The average Bonchev–Trinajstić information content (AvgIpc) is 3.27. The fourth-order valence-electron chi connectivity index (χ4n) is 4.51. The van der Waals surface area contributed by atoms with Gasteiger partial charge in [0.1, 0.15) is 18.1 Å². The lowest BCUT2D eigenvalue weighted by molar-refractivity contribution is -0.0170. The first-order valence-electron chi connectivity index (χ1n) is 12.3. The molecule has 4 rings (SSSR count). The van der Waals surface area contributed by atoms with Gasteiger partial charge in [-0.15, -0.1) is 0 Å². The maximum atomic E-state index is 11.2. The maximum absolute atomic E-state index is 11.2. The van der Waals surface area contributed by atoms with Crippen molar-refractivity contribution in [1.82, 2.24) is 14.7 Å². The zero-order valence-electron chi connectivity index (χ0n) is 20.4. The van der Waals surface area contributed by atoms with Crippen LogP contribution in [0, 0.1) is 13.8 Å². The third kappa shape index (κ3) is 7.08. The van der Waals surface area contributed by atoms with E-state index in [1.165, 1.54) is 11.1 Å². The maximum Gasteiger partial charge on any atom is 0.122 e. The van der Waals surface area contributed by atoms with Crippen molar-refractivity contribution in [3.05, 3.63) is 77.6 Å². The number of hydrogen-bond donors (Lipinski definition) is 1. The number of likely N-dealkylation sites (tertiary alicyclic amines) is 1. The molecule has 0 spiro atoms. The number of aromatic nitrogens is 2. The molecule has 1 aliphatic heterocycles. The second-order valence-electron chi connectivity index (χ2n) is 9.53. The van der Waals surface area contributed by atoms with Gasteiger partial charge in [-0.05, 0) is 75.0 Å². The summed E-state index contributed by atoms with van der Waals surface area (Å²) in [6, 6.07) is 16.5. The highest BCUT2D eigenvalue weighted by Gasteiger charge is 2.31. The Hall–Kier alpha value is -2.83. The predicted octanol–water partition coefficient (Wildman–Crippen LogP) is 4.77. The van der Waals surface area contributed by atoms with E-state index in [4.69, 9.17) is 9.47 Å². The van der Waals surface area contributed by atoms with Gasteiger partial charge in [-0.2, -0.15) is 5.10 Å². The van der Waals surface area contributed by atoms with Gasteiger partial charge in [-0.1, -0.05) is 29.8 Å². The Morgan fingerprint density at radius 3 is 2.65 bits per heavy atom. The number of nitrogens with zero attached hydrogens (tertiary/aromatic N) is 3. The first-order chi connectivity index (χ1) is 16.5. The number of hydrogen-bond acceptors (Lipinski definition) is 5. The van der Waals surface area contributed by atoms with Gasteiger partial charge in [0.2, 0.25) is 0 Å². The molecule has 1 aromatic heterocycles. The molecule has 6 nitrogen and oxygen atoms in total. The first-order valence-corrected chi connectivity index (χ1v) is 12.3. The third-order valence-electron chi connectivity index (χ3n) is 6.53. The van der Waals surface area contributed by atoms with Crippen molar-refractivity contribution in [2.45, 2.75) is 58.2 Å². The fourth-order valence-corrected chi connectivity index (χ4v) is 4.51. The Morgan fingerprint density at radius 1 is 1.03 bits per heavy atom. The van der Waals surface area contributed by atoms with Crippen LogP contribution in [0.4, 0.5) is 0 Å². The third-order valence-corrected chi connectivity index (χ3v) is 6.53. The van der Waals surface area contributed by atoms with Gasteiger partial charge in [-0.25, -0.2) is 0 Å². The fraction of sp³-hybridized carbons (Fsp3) is 0.464. The lowest BCUT2D eigenvalue weighted by Crippen LogP contribution is -2.37. The smallest absolute Gasteiger partial charge is 0.122 e. The van der Waals surface area contributed by atoms with Crippen LogP contribution in [0.15, 0.2) is 60.9 Å². The summed E-state index contributed by atoms with van der Waals surface area (Å²) in [5.74, 6) is 1.77. The van der Waals surface area contributed by atoms with E-state index in [2.05, 4.69) is 60.2 Å². The van der Waals surface area contributed by atoms with E-state index in [0.717, 1.165) is 68.9 Å². The molecule has 182 valence electrons. The molecule has 2 heterocycles. The lowest BCUT2D eigenvalue weighted by atomic mass is 9.96. The second kappa shape index (κ2) is 11.5. The molecule has 0 unspecified atom stereocenters. The molecule has 0 amide bonds. The first kappa shape index (κ1) is 24.3. The van der Waals surface area contributed by atoms with Crippen molar-refractivity contribution < 1.29 is 14.6 Å². The van der Waals surface area contributed by atoms with E-state index in [9.17, 15) is 5.11 Å². The van der Waals surface area contributed by atoms with E-state index in [0.29, 0.717) is 13.2 Å². The molecule has 1 saturated heterocycles. The SMILES string of the molecule is Cc1ccc(OC[C@]2(O)CCCN(Cc3ccc(OCCCn4cccn4)cc3)CC2)c(C)c1. The minimum atomic E-state index is -0.778. The van der Waals surface area contributed by atoms with E-state index in [1.807, 2.05) is 23.0 Å². The average molecular weight is 464 g/mol. The second-order valence-corrected chi connectivity index (χ2v) is 9.53. The number of aryl methyl sites for hydroxylation is 3. The molecule has 0 radical (unpaired) electrons. The normalized spacial score (nSPS) is 19.0. The van der Waals surface area contributed by atoms with Crippen LogP contribution < -0.4 is 9.47 Å². The Kier molecular flexibility index (Phi) is 8.25. The van der Waals surface area contributed by atoms with Crippen molar-refractivity contribution in [1.29, 1.82) is 0 Å². The Balaban J connectivity index is 1.20. The van der Waals surface area contributed by atoms with Crippen LogP contribution in [0.25, 0.3) is 0 Å². The molecule has 1 N–H and O–H groups in total. The zero-order valence-corrected chi connectivity index (χ0v) is 20.4. The molecule has 0 aliphatic carbocycles. The highest BCUT2D eigenvalue weighted by molar-refractivity contribution is 5.35. The Bertz CT molecular complexity index is 1020. The lowest BCUT2D eigenvalue weighted by Gasteiger charge is -2.27. The Labute approximate surface area is 203 Å². The largest absolute Gasteiger partial charge is 0.494 e. The number of ether oxygens (including phenoxy) is 2.